The molecule has 5 heteroatoms. The topological polar surface area (TPSA) is 52.6 Å². The van der Waals surface area contributed by atoms with E-state index in [-0.39, 0.29) is 24.1 Å². The van der Waals surface area contributed by atoms with E-state index in [0.717, 1.165) is 38.5 Å². The monoisotopic (exact) mass is 410 g/mol. The van der Waals surface area contributed by atoms with Gasteiger partial charge in [0.2, 0.25) is 0 Å². The van der Waals surface area contributed by atoms with Gasteiger partial charge in [-0.3, -0.25) is 9.59 Å². The van der Waals surface area contributed by atoms with E-state index in [4.69, 9.17) is 9.47 Å². The number of halogens is 1. The van der Waals surface area contributed by atoms with Gasteiger partial charge in [-0.2, -0.15) is 0 Å². The number of carbonyl (C=O) groups is 2. The second-order valence-electron chi connectivity index (χ2n) is 6.01. The Kier molecular flexibility index (Phi) is 7.44. The first kappa shape index (κ1) is 18.7. The minimum Gasteiger partial charge on any atom is -0.465 e. The van der Waals surface area contributed by atoms with Gasteiger partial charge in [0.15, 0.2) is 0 Å². The van der Waals surface area contributed by atoms with Crippen LogP contribution in [0.25, 0.3) is 0 Å². The summed E-state index contributed by atoms with van der Waals surface area (Å²) in [7, 11) is 0. The largest absolute Gasteiger partial charge is 0.465 e. The van der Waals surface area contributed by atoms with Crippen molar-refractivity contribution in [2.75, 3.05) is 6.61 Å². The lowest BCUT2D eigenvalue weighted by atomic mass is 9.99. The molecule has 0 aromatic rings. The van der Waals surface area contributed by atoms with E-state index in [0.29, 0.717) is 12.8 Å². The van der Waals surface area contributed by atoms with Gasteiger partial charge < -0.3 is 9.47 Å². The van der Waals surface area contributed by atoms with Crippen LogP contribution in [0.3, 0.4) is 0 Å². The number of carbonyl (C=O) groups excluding carboxylic acids is 2. The van der Waals surface area contributed by atoms with Crippen molar-refractivity contribution in [3.05, 3.63) is 0 Å². The standard InChI is InChI=1S/C16H27IO4/c1-4-15(3,17)14(19)20-12-8-9-13(18)21-16(5-2)10-6-7-11-16/h4-12H2,1-3H3. The first-order valence-corrected chi connectivity index (χ1v) is 9.01. The SMILES string of the molecule is CCC1(OC(=O)CCCOC(=O)C(C)(I)CC)CCCC1. The molecule has 4 nitrogen and oxygen atoms in total. The van der Waals surface area contributed by atoms with Crippen LogP contribution >= 0.6 is 22.6 Å². The average molecular weight is 410 g/mol. The van der Waals surface area contributed by atoms with Gasteiger partial charge in [-0.1, -0.05) is 36.4 Å². The number of esters is 2. The van der Waals surface area contributed by atoms with Crippen molar-refractivity contribution in [3.8, 4) is 0 Å². The van der Waals surface area contributed by atoms with Crippen molar-refractivity contribution in [2.24, 2.45) is 0 Å². The highest BCUT2D eigenvalue weighted by atomic mass is 127. The fourth-order valence-corrected chi connectivity index (χ4v) is 2.67. The molecule has 0 aliphatic heterocycles. The van der Waals surface area contributed by atoms with E-state index >= 15 is 0 Å². The Morgan fingerprint density at radius 3 is 2.38 bits per heavy atom. The van der Waals surface area contributed by atoms with Crippen molar-refractivity contribution >= 4 is 34.5 Å². The van der Waals surface area contributed by atoms with Crippen LogP contribution < -0.4 is 0 Å². The lowest BCUT2D eigenvalue weighted by Gasteiger charge is -2.27. The van der Waals surface area contributed by atoms with Gasteiger partial charge in [0.1, 0.15) is 9.02 Å². The van der Waals surface area contributed by atoms with E-state index in [1.165, 1.54) is 0 Å². The summed E-state index contributed by atoms with van der Waals surface area (Å²) in [5.74, 6) is -0.373. The molecular weight excluding hydrogens is 383 g/mol. The number of ether oxygens (including phenoxy) is 2. The third-order valence-electron chi connectivity index (χ3n) is 4.34. The van der Waals surface area contributed by atoms with Crippen LogP contribution in [0.1, 0.15) is 72.1 Å². The molecule has 1 aliphatic carbocycles. The predicted octanol–water partition coefficient (Wildman–Crippen LogP) is 4.18. The molecule has 0 amide bonds. The minimum atomic E-state index is -0.478. The molecule has 1 rings (SSSR count). The molecule has 1 atom stereocenters. The zero-order chi connectivity index (χ0) is 15.9. The third-order valence-corrected chi connectivity index (χ3v) is 5.54. The Morgan fingerprint density at radius 1 is 1.24 bits per heavy atom. The lowest BCUT2D eigenvalue weighted by Crippen LogP contribution is -2.31. The van der Waals surface area contributed by atoms with Gasteiger partial charge in [0, 0.05) is 6.42 Å². The quantitative estimate of drug-likeness (QED) is 0.261. The van der Waals surface area contributed by atoms with Crippen LogP contribution in [0.4, 0.5) is 0 Å². The van der Waals surface area contributed by atoms with Crippen molar-refractivity contribution in [3.63, 3.8) is 0 Å². The molecule has 1 aliphatic rings. The van der Waals surface area contributed by atoms with Crippen LogP contribution in [0.15, 0.2) is 0 Å². The molecule has 0 bridgehead atoms. The summed E-state index contributed by atoms with van der Waals surface area (Å²) in [6, 6.07) is 0. The first-order valence-electron chi connectivity index (χ1n) is 7.93. The van der Waals surface area contributed by atoms with Crippen LogP contribution in [-0.4, -0.2) is 27.6 Å². The van der Waals surface area contributed by atoms with E-state index in [9.17, 15) is 9.59 Å². The molecule has 0 heterocycles. The van der Waals surface area contributed by atoms with Crippen molar-refractivity contribution < 1.29 is 19.1 Å². The zero-order valence-corrected chi connectivity index (χ0v) is 15.5. The van der Waals surface area contributed by atoms with E-state index < -0.39 is 3.42 Å². The van der Waals surface area contributed by atoms with Crippen molar-refractivity contribution in [1.29, 1.82) is 0 Å². The summed E-state index contributed by atoms with van der Waals surface area (Å²) < 4.78 is 10.4. The number of hydrogen-bond acceptors (Lipinski definition) is 4. The Balaban J connectivity index is 2.24. The molecule has 1 saturated carbocycles. The fourth-order valence-electron chi connectivity index (χ4n) is 2.52. The van der Waals surface area contributed by atoms with Crippen molar-refractivity contribution in [2.45, 2.75) is 81.2 Å². The van der Waals surface area contributed by atoms with Gasteiger partial charge in [-0.05, 0) is 51.9 Å². The second-order valence-corrected chi connectivity index (χ2v) is 8.39. The van der Waals surface area contributed by atoms with E-state index in [1.54, 1.807) is 0 Å². The summed E-state index contributed by atoms with van der Waals surface area (Å²) >= 11 is 2.10. The fraction of sp³-hybridized carbons (Fsp3) is 0.875. The molecule has 21 heavy (non-hydrogen) atoms. The summed E-state index contributed by atoms with van der Waals surface area (Å²) in [4.78, 5) is 23.7. The lowest BCUT2D eigenvalue weighted by molar-refractivity contribution is -0.161. The van der Waals surface area contributed by atoms with Crippen LogP contribution in [0.2, 0.25) is 0 Å². The maximum absolute atomic E-state index is 11.9. The summed E-state index contributed by atoms with van der Waals surface area (Å²) in [6.45, 7) is 6.17. The molecule has 0 aromatic carbocycles. The van der Waals surface area contributed by atoms with E-state index in [2.05, 4.69) is 29.5 Å². The molecule has 0 saturated heterocycles. The molecule has 1 fully saturated rings. The summed E-state index contributed by atoms with van der Waals surface area (Å²) in [5, 5.41) is 0. The Labute approximate surface area is 141 Å². The number of hydrogen-bond donors (Lipinski definition) is 0. The summed E-state index contributed by atoms with van der Waals surface area (Å²) in [5.41, 5.74) is -0.225. The molecule has 0 aromatic heterocycles. The van der Waals surface area contributed by atoms with Gasteiger partial charge in [-0.25, -0.2) is 0 Å². The molecule has 1 unspecified atom stereocenters. The highest BCUT2D eigenvalue weighted by Gasteiger charge is 2.35. The maximum Gasteiger partial charge on any atom is 0.321 e. The average Bonchev–Trinajstić information content (AvgIpc) is 2.92. The normalized spacial score (nSPS) is 19.8. The first-order chi connectivity index (χ1) is 9.85. The van der Waals surface area contributed by atoms with Crippen LogP contribution in [0.5, 0.6) is 0 Å². The van der Waals surface area contributed by atoms with Gasteiger partial charge in [0.05, 0.1) is 6.61 Å². The molecule has 0 N–H and O–H groups in total. The Bertz CT molecular complexity index is 359. The molecular formula is C16H27IO4. The van der Waals surface area contributed by atoms with Crippen LogP contribution in [-0.2, 0) is 19.1 Å². The zero-order valence-electron chi connectivity index (χ0n) is 13.4. The number of rotatable bonds is 8. The van der Waals surface area contributed by atoms with Crippen LogP contribution in [0, 0.1) is 0 Å². The smallest absolute Gasteiger partial charge is 0.321 e. The molecule has 0 spiro atoms. The third kappa shape index (κ3) is 5.75. The Hall–Kier alpha value is -0.330. The van der Waals surface area contributed by atoms with Gasteiger partial charge >= 0.3 is 11.9 Å². The maximum atomic E-state index is 11.9. The second kappa shape index (κ2) is 8.34. The van der Waals surface area contributed by atoms with Crippen molar-refractivity contribution in [1.82, 2.24) is 0 Å². The number of alkyl halides is 1. The van der Waals surface area contributed by atoms with Gasteiger partial charge in [-0.15, -0.1) is 0 Å². The molecule has 122 valence electrons. The Morgan fingerprint density at radius 2 is 1.86 bits per heavy atom. The highest BCUT2D eigenvalue weighted by Crippen LogP contribution is 2.36. The minimum absolute atomic E-state index is 0.164. The highest BCUT2D eigenvalue weighted by molar-refractivity contribution is 14.1. The predicted molar refractivity (Wildman–Crippen MR) is 90.5 cm³/mol. The van der Waals surface area contributed by atoms with Gasteiger partial charge in [0.25, 0.3) is 0 Å². The molecule has 0 radical (unpaired) electrons. The summed E-state index contributed by atoms with van der Waals surface area (Å²) in [6.07, 6.45) is 6.71. The van der Waals surface area contributed by atoms with E-state index in [1.807, 2.05) is 13.8 Å².